The Morgan fingerprint density at radius 3 is 2.26 bits per heavy atom. The normalized spacial score (nSPS) is 11.3. The summed E-state index contributed by atoms with van der Waals surface area (Å²) in [7, 11) is 0. The smallest absolute Gasteiger partial charge is 0.506 e. The zero-order chi connectivity index (χ0) is 14.0. The van der Waals surface area contributed by atoms with Crippen molar-refractivity contribution in [3.05, 3.63) is 46.2 Å². The van der Waals surface area contributed by atoms with E-state index in [2.05, 4.69) is 4.74 Å². The van der Waals surface area contributed by atoms with Crippen molar-refractivity contribution in [2.24, 2.45) is 0 Å². The summed E-state index contributed by atoms with van der Waals surface area (Å²) in [6.07, 6.45) is -4.77. The number of carbonyl (C=O) groups excluding carboxylic acids is 1. The molecule has 2 aromatic rings. The molecule has 2 rings (SSSR count). The molecule has 0 unspecified atom stereocenters. The lowest BCUT2D eigenvalue weighted by atomic mass is 10.1. The highest BCUT2D eigenvalue weighted by Gasteiger charge is 2.31. The molecule has 7 heteroatoms. The molecule has 0 spiro atoms. The number of carbonyl (C=O) groups is 1. The number of aromatic hydroxyl groups is 1. The zero-order valence-electron chi connectivity index (χ0n) is 9.27. The molecule has 0 saturated carbocycles. The molecule has 0 aliphatic carbocycles. The number of halogens is 3. The van der Waals surface area contributed by atoms with Crippen LogP contribution < -0.4 is 4.74 Å². The number of hydrogen-bond acceptors (Lipinski definition) is 4. The van der Waals surface area contributed by atoms with E-state index in [0.29, 0.717) is 0 Å². The number of hydrogen-bond donors (Lipinski definition) is 1. The van der Waals surface area contributed by atoms with E-state index in [4.69, 9.17) is 0 Å². The average molecular weight is 288 g/mol. The van der Waals surface area contributed by atoms with Gasteiger partial charge in [-0.1, -0.05) is 0 Å². The Morgan fingerprint density at radius 2 is 1.79 bits per heavy atom. The summed E-state index contributed by atoms with van der Waals surface area (Å²) in [5.74, 6) is -1.00. The van der Waals surface area contributed by atoms with Crippen molar-refractivity contribution >= 4 is 17.1 Å². The summed E-state index contributed by atoms with van der Waals surface area (Å²) in [4.78, 5) is 12.1. The van der Waals surface area contributed by atoms with E-state index in [1.165, 1.54) is 18.2 Å². The van der Waals surface area contributed by atoms with Crippen molar-refractivity contribution in [2.75, 3.05) is 0 Å². The second-order valence-corrected chi connectivity index (χ2v) is 4.45. The Kier molecular flexibility index (Phi) is 3.48. The maximum atomic E-state index is 12.0. The third-order valence-electron chi connectivity index (χ3n) is 2.20. The maximum Gasteiger partial charge on any atom is 0.573 e. The molecular formula is C12H7F3O3S. The van der Waals surface area contributed by atoms with E-state index < -0.39 is 17.9 Å². The fraction of sp³-hybridized carbons (Fsp3) is 0.0833. The number of alkyl halides is 3. The summed E-state index contributed by atoms with van der Waals surface area (Å²) in [6.45, 7) is 0. The molecule has 0 radical (unpaired) electrons. The third kappa shape index (κ3) is 3.25. The van der Waals surface area contributed by atoms with E-state index in [-0.39, 0.29) is 16.2 Å². The van der Waals surface area contributed by atoms with Gasteiger partial charge in [-0.05, 0) is 35.7 Å². The molecule has 1 aromatic carbocycles. The fourth-order valence-corrected chi connectivity index (χ4v) is 2.16. The van der Waals surface area contributed by atoms with Gasteiger partial charge in [0.1, 0.15) is 16.4 Å². The second-order valence-electron chi connectivity index (χ2n) is 3.54. The van der Waals surface area contributed by atoms with Gasteiger partial charge in [0.25, 0.3) is 0 Å². The van der Waals surface area contributed by atoms with Crippen LogP contribution in [0.25, 0.3) is 0 Å². The highest BCUT2D eigenvalue weighted by atomic mass is 32.1. The monoisotopic (exact) mass is 288 g/mol. The number of benzene rings is 1. The minimum atomic E-state index is -4.77. The van der Waals surface area contributed by atoms with Gasteiger partial charge < -0.3 is 9.84 Å². The SMILES string of the molecule is O=C(c1ccc(OC(F)(F)F)cc1)c1sccc1O. The summed E-state index contributed by atoms with van der Waals surface area (Å²) in [5.41, 5.74) is 0.173. The molecule has 1 heterocycles. The molecule has 0 saturated heterocycles. The van der Waals surface area contributed by atoms with E-state index in [1.54, 1.807) is 5.38 Å². The summed E-state index contributed by atoms with van der Waals surface area (Å²) in [5, 5.41) is 11.0. The summed E-state index contributed by atoms with van der Waals surface area (Å²) >= 11 is 1.06. The summed E-state index contributed by atoms with van der Waals surface area (Å²) < 4.78 is 39.6. The van der Waals surface area contributed by atoms with Crippen molar-refractivity contribution in [3.63, 3.8) is 0 Å². The standard InChI is InChI=1S/C12H7F3O3S/c13-12(14,15)18-8-3-1-7(2-4-8)10(17)11-9(16)5-6-19-11/h1-6,16H. The van der Waals surface area contributed by atoms with Gasteiger partial charge in [-0.15, -0.1) is 24.5 Å². The number of thiophene rings is 1. The van der Waals surface area contributed by atoms with Gasteiger partial charge in [0.2, 0.25) is 5.78 Å². The molecule has 19 heavy (non-hydrogen) atoms. The third-order valence-corrected chi connectivity index (χ3v) is 3.10. The largest absolute Gasteiger partial charge is 0.573 e. The lowest BCUT2D eigenvalue weighted by molar-refractivity contribution is -0.274. The van der Waals surface area contributed by atoms with E-state index in [1.807, 2.05) is 0 Å². The van der Waals surface area contributed by atoms with Gasteiger partial charge in [0.15, 0.2) is 0 Å². The molecule has 3 nitrogen and oxygen atoms in total. The van der Waals surface area contributed by atoms with Crippen molar-refractivity contribution in [3.8, 4) is 11.5 Å². The van der Waals surface area contributed by atoms with Crippen LogP contribution in [-0.4, -0.2) is 17.3 Å². The molecule has 0 amide bonds. The first kappa shape index (κ1) is 13.4. The van der Waals surface area contributed by atoms with Crippen LogP contribution in [0.5, 0.6) is 11.5 Å². The highest BCUT2D eigenvalue weighted by Crippen LogP contribution is 2.27. The van der Waals surface area contributed by atoms with Crippen LogP contribution in [0.1, 0.15) is 15.2 Å². The van der Waals surface area contributed by atoms with Crippen LogP contribution in [0.2, 0.25) is 0 Å². The van der Waals surface area contributed by atoms with Gasteiger partial charge in [-0.25, -0.2) is 0 Å². The minimum Gasteiger partial charge on any atom is -0.506 e. The lowest BCUT2D eigenvalue weighted by Gasteiger charge is -2.08. The number of ether oxygens (including phenoxy) is 1. The van der Waals surface area contributed by atoms with Gasteiger partial charge in [0.05, 0.1) is 0 Å². The molecule has 0 atom stereocenters. The Labute approximate surface area is 109 Å². The van der Waals surface area contributed by atoms with Crippen LogP contribution in [0.4, 0.5) is 13.2 Å². The topological polar surface area (TPSA) is 46.5 Å². The molecular weight excluding hydrogens is 281 g/mol. The Balaban J connectivity index is 2.19. The molecule has 100 valence electrons. The van der Waals surface area contributed by atoms with Crippen LogP contribution in [0.15, 0.2) is 35.7 Å². The van der Waals surface area contributed by atoms with Crippen molar-refractivity contribution < 1.29 is 27.8 Å². The second kappa shape index (κ2) is 4.93. The number of ketones is 1. The summed E-state index contributed by atoms with van der Waals surface area (Å²) in [6, 6.07) is 5.89. The van der Waals surface area contributed by atoms with Crippen molar-refractivity contribution in [2.45, 2.75) is 6.36 Å². The Bertz CT molecular complexity index is 587. The quantitative estimate of drug-likeness (QED) is 0.878. The van der Waals surface area contributed by atoms with Crippen LogP contribution in [0.3, 0.4) is 0 Å². The molecule has 0 aliphatic rings. The van der Waals surface area contributed by atoms with Crippen molar-refractivity contribution in [1.29, 1.82) is 0 Å². The van der Waals surface area contributed by atoms with Gasteiger partial charge in [-0.2, -0.15) is 0 Å². The maximum absolute atomic E-state index is 12.0. The minimum absolute atomic E-state index is 0.143. The predicted octanol–water partition coefficient (Wildman–Crippen LogP) is 3.58. The molecule has 0 fully saturated rings. The van der Waals surface area contributed by atoms with Crippen LogP contribution in [-0.2, 0) is 0 Å². The van der Waals surface area contributed by atoms with Gasteiger partial charge >= 0.3 is 6.36 Å². The van der Waals surface area contributed by atoms with Crippen molar-refractivity contribution in [1.82, 2.24) is 0 Å². The van der Waals surface area contributed by atoms with Crippen LogP contribution >= 0.6 is 11.3 Å². The van der Waals surface area contributed by atoms with Crippen LogP contribution in [0, 0.1) is 0 Å². The van der Waals surface area contributed by atoms with E-state index >= 15 is 0 Å². The average Bonchev–Trinajstić information content (AvgIpc) is 2.73. The Morgan fingerprint density at radius 1 is 1.16 bits per heavy atom. The lowest BCUT2D eigenvalue weighted by Crippen LogP contribution is -2.17. The first-order chi connectivity index (χ1) is 8.87. The van der Waals surface area contributed by atoms with E-state index in [9.17, 15) is 23.1 Å². The Hall–Kier alpha value is -2.02. The first-order valence-corrected chi connectivity index (χ1v) is 5.92. The number of rotatable bonds is 3. The highest BCUT2D eigenvalue weighted by molar-refractivity contribution is 7.12. The van der Waals surface area contributed by atoms with Gasteiger partial charge in [-0.3, -0.25) is 4.79 Å². The zero-order valence-corrected chi connectivity index (χ0v) is 10.1. The fourth-order valence-electron chi connectivity index (χ4n) is 1.41. The van der Waals surface area contributed by atoms with E-state index in [0.717, 1.165) is 23.5 Å². The molecule has 1 N–H and O–H groups in total. The molecule has 0 aliphatic heterocycles. The molecule has 0 bridgehead atoms. The predicted molar refractivity (Wildman–Crippen MR) is 62.5 cm³/mol. The van der Waals surface area contributed by atoms with Gasteiger partial charge in [0, 0.05) is 5.56 Å². The molecule has 1 aromatic heterocycles. The first-order valence-electron chi connectivity index (χ1n) is 5.04.